The molecule has 0 bridgehead atoms. The SMILES string of the molecule is CCc1ccc2ncc(C#N)c(Nc3ccc(Br)cc3)c2c1. The first-order valence-corrected chi connectivity index (χ1v) is 7.85. The van der Waals surface area contributed by atoms with Crippen LogP contribution in [0.15, 0.2) is 53.1 Å². The number of halogens is 1. The molecule has 3 rings (SSSR count). The molecule has 0 aliphatic heterocycles. The third-order valence-corrected chi connectivity index (χ3v) is 4.10. The van der Waals surface area contributed by atoms with Crippen molar-refractivity contribution in [1.29, 1.82) is 5.26 Å². The van der Waals surface area contributed by atoms with E-state index >= 15 is 0 Å². The number of nitrogens with zero attached hydrogens (tertiary/aromatic N) is 2. The van der Waals surface area contributed by atoms with E-state index in [4.69, 9.17) is 0 Å². The topological polar surface area (TPSA) is 48.7 Å². The molecule has 108 valence electrons. The number of hydrogen-bond acceptors (Lipinski definition) is 3. The van der Waals surface area contributed by atoms with E-state index < -0.39 is 0 Å². The Hall–Kier alpha value is -2.38. The van der Waals surface area contributed by atoms with E-state index in [1.807, 2.05) is 30.3 Å². The number of aryl methyl sites for hydroxylation is 1. The van der Waals surface area contributed by atoms with Gasteiger partial charge in [-0.25, -0.2) is 0 Å². The van der Waals surface area contributed by atoms with Gasteiger partial charge in [0.15, 0.2) is 0 Å². The van der Waals surface area contributed by atoms with Crippen molar-refractivity contribution in [3.8, 4) is 6.07 Å². The first-order chi connectivity index (χ1) is 10.7. The Balaban J connectivity index is 2.16. The second kappa shape index (κ2) is 6.17. The van der Waals surface area contributed by atoms with Gasteiger partial charge in [0, 0.05) is 21.7 Å². The van der Waals surface area contributed by atoms with Crippen LogP contribution in [-0.2, 0) is 6.42 Å². The summed E-state index contributed by atoms with van der Waals surface area (Å²) in [4.78, 5) is 4.37. The molecule has 1 aromatic heterocycles. The minimum absolute atomic E-state index is 0.545. The van der Waals surface area contributed by atoms with Crippen LogP contribution in [0.1, 0.15) is 18.1 Å². The summed E-state index contributed by atoms with van der Waals surface area (Å²) in [7, 11) is 0. The Morgan fingerprint density at radius 2 is 1.95 bits per heavy atom. The Kier molecular flexibility index (Phi) is 4.08. The van der Waals surface area contributed by atoms with Crippen LogP contribution in [0.2, 0.25) is 0 Å². The number of benzene rings is 2. The highest BCUT2D eigenvalue weighted by molar-refractivity contribution is 9.10. The van der Waals surface area contributed by atoms with Crippen LogP contribution < -0.4 is 5.32 Å². The molecule has 0 spiro atoms. The summed E-state index contributed by atoms with van der Waals surface area (Å²) in [6.45, 7) is 2.12. The fourth-order valence-corrected chi connectivity index (χ4v) is 2.62. The van der Waals surface area contributed by atoms with Crippen LogP contribution in [0, 0.1) is 11.3 Å². The number of pyridine rings is 1. The van der Waals surface area contributed by atoms with Crippen molar-refractivity contribution in [2.24, 2.45) is 0 Å². The monoisotopic (exact) mass is 351 g/mol. The van der Waals surface area contributed by atoms with Crippen LogP contribution in [0.25, 0.3) is 10.9 Å². The summed E-state index contributed by atoms with van der Waals surface area (Å²) in [5.41, 5.74) is 4.40. The van der Waals surface area contributed by atoms with Gasteiger partial charge >= 0.3 is 0 Å². The third-order valence-electron chi connectivity index (χ3n) is 3.57. The number of hydrogen-bond donors (Lipinski definition) is 1. The Morgan fingerprint density at radius 3 is 2.64 bits per heavy atom. The van der Waals surface area contributed by atoms with Gasteiger partial charge < -0.3 is 5.32 Å². The van der Waals surface area contributed by atoms with E-state index in [1.54, 1.807) is 6.20 Å². The van der Waals surface area contributed by atoms with Crippen molar-refractivity contribution in [1.82, 2.24) is 4.98 Å². The Labute approximate surface area is 137 Å². The zero-order chi connectivity index (χ0) is 15.5. The third kappa shape index (κ3) is 2.81. The second-order valence-electron chi connectivity index (χ2n) is 5.00. The lowest BCUT2D eigenvalue weighted by Crippen LogP contribution is -1.97. The maximum absolute atomic E-state index is 9.39. The summed E-state index contributed by atoms with van der Waals surface area (Å²) in [5, 5.41) is 13.7. The van der Waals surface area contributed by atoms with Gasteiger partial charge in [0.1, 0.15) is 6.07 Å². The number of rotatable bonds is 3. The summed E-state index contributed by atoms with van der Waals surface area (Å²) in [5.74, 6) is 0. The van der Waals surface area contributed by atoms with Gasteiger partial charge in [-0.2, -0.15) is 5.26 Å². The molecular weight excluding hydrogens is 338 g/mol. The van der Waals surface area contributed by atoms with E-state index in [1.165, 1.54) is 5.56 Å². The molecule has 22 heavy (non-hydrogen) atoms. The summed E-state index contributed by atoms with van der Waals surface area (Å²) < 4.78 is 1.02. The number of nitrogens with one attached hydrogen (secondary N) is 1. The fraction of sp³-hybridized carbons (Fsp3) is 0.111. The van der Waals surface area contributed by atoms with Crippen LogP contribution >= 0.6 is 15.9 Å². The molecule has 0 saturated carbocycles. The molecule has 1 heterocycles. The summed E-state index contributed by atoms with van der Waals surface area (Å²) in [6, 6.07) is 16.3. The van der Waals surface area contributed by atoms with Gasteiger partial charge in [-0.15, -0.1) is 0 Å². The number of aromatic nitrogens is 1. The predicted molar refractivity (Wildman–Crippen MR) is 93.3 cm³/mol. The summed E-state index contributed by atoms with van der Waals surface area (Å²) >= 11 is 3.43. The lowest BCUT2D eigenvalue weighted by Gasteiger charge is -2.12. The molecule has 3 nitrogen and oxygen atoms in total. The van der Waals surface area contributed by atoms with Gasteiger partial charge in [-0.05, 0) is 48.4 Å². The van der Waals surface area contributed by atoms with E-state index in [0.29, 0.717) is 5.56 Å². The normalized spacial score (nSPS) is 10.4. The first-order valence-electron chi connectivity index (χ1n) is 7.05. The van der Waals surface area contributed by atoms with Crippen LogP contribution in [0.5, 0.6) is 0 Å². The molecule has 0 saturated heterocycles. The van der Waals surface area contributed by atoms with Crippen molar-refractivity contribution in [3.05, 3.63) is 64.3 Å². The molecule has 0 radical (unpaired) electrons. The average molecular weight is 352 g/mol. The molecule has 4 heteroatoms. The van der Waals surface area contributed by atoms with E-state index in [2.05, 4.69) is 51.4 Å². The Bertz CT molecular complexity index is 864. The van der Waals surface area contributed by atoms with E-state index in [9.17, 15) is 5.26 Å². The van der Waals surface area contributed by atoms with Gasteiger partial charge in [0.25, 0.3) is 0 Å². The largest absolute Gasteiger partial charge is 0.354 e. The standard InChI is InChI=1S/C18H14BrN3/c1-2-12-3-8-17-16(9-12)18(13(10-20)11-21-17)22-15-6-4-14(19)5-7-15/h3-9,11H,2H2,1H3,(H,21,22). The van der Waals surface area contributed by atoms with Crippen molar-refractivity contribution < 1.29 is 0 Å². The molecule has 0 atom stereocenters. The zero-order valence-corrected chi connectivity index (χ0v) is 13.7. The van der Waals surface area contributed by atoms with E-state index in [-0.39, 0.29) is 0 Å². The fourth-order valence-electron chi connectivity index (χ4n) is 2.36. The van der Waals surface area contributed by atoms with Crippen LogP contribution in [0.4, 0.5) is 11.4 Å². The number of anilines is 2. The van der Waals surface area contributed by atoms with Gasteiger partial charge in [-0.3, -0.25) is 4.98 Å². The maximum Gasteiger partial charge on any atom is 0.103 e. The molecule has 0 aliphatic rings. The molecule has 1 N–H and O–H groups in total. The van der Waals surface area contributed by atoms with Crippen LogP contribution in [0.3, 0.4) is 0 Å². The van der Waals surface area contributed by atoms with Crippen LogP contribution in [-0.4, -0.2) is 4.98 Å². The average Bonchev–Trinajstić information content (AvgIpc) is 2.56. The van der Waals surface area contributed by atoms with Crippen molar-refractivity contribution in [2.75, 3.05) is 5.32 Å². The lowest BCUT2D eigenvalue weighted by atomic mass is 10.1. The molecule has 2 aromatic carbocycles. The van der Waals surface area contributed by atoms with Crippen molar-refractivity contribution >= 4 is 38.2 Å². The smallest absolute Gasteiger partial charge is 0.103 e. The molecule has 0 unspecified atom stereocenters. The highest BCUT2D eigenvalue weighted by Crippen LogP contribution is 2.30. The molecule has 0 fully saturated rings. The minimum Gasteiger partial charge on any atom is -0.354 e. The first kappa shape index (κ1) is 14.6. The summed E-state index contributed by atoms with van der Waals surface area (Å²) in [6.07, 6.45) is 2.57. The lowest BCUT2D eigenvalue weighted by molar-refractivity contribution is 1.14. The van der Waals surface area contributed by atoms with Gasteiger partial charge in [-0.1, -0.05) is 28.9 Å². The predicted octanol–water partition coefficient (Wildman–Crippen LogP) is 5.17. The highest BCUT2D eigenvalue weighted by atomic mass is 79.9. The second-order valence-corrected chi connectivity index (χ2v) is 5.91. The van der Waals surface area contributed by atoms with Crippen molar-refractivity contribution in [2.45, 2.75) is 13.3 Å². The molecular formula is C18H14BrN3. The maximum atomic E-state index is 9.39. The van der Waals surface area contributed by atoms with Gasteiger partial charge in [0.05, 0.1) is 16.8 Å². The number of fused-ring (bicyclic) bond motifs is 1. The quantitative estimate of drug-likeness (QED) is 0.707. The highest BCUT2D eigenvalue weighted by Gasteiger charge is 2.10. The zero-order valence-electron chi connectivity index (χ0n) is 12.1. The number of nitriles is 1. The van der Waals surface area contributed by atoms with E-state index in [0.717, 1.165) is 33.2 Å². The molecule has 3 aromatic rings. The molecule has 0 amide bonds. The van der Waals surface area contributed by atoms with Gasteiger partial charge in [0.2, 0.25) is 0 Å². The van der Waals surface area contributed by atoms with Crippen molar-refractivity contribution in [3.63, 3.8) is 0 Å². The minimum atomic E-state index is 0.545. The molecule has 0 aliphatic carbocycles. The Morgan fingerprint density at radius 1 is 1.18 bits per heavy atom.